The van der Waals surface area contributed by atoms with Crippen LogP contribution < -0.4 is 10.6 Å². The van der Waals surface area contributed by atoms with Gasteiger partial charge in [0.25, 0.3) is 0 Å². The highest BCUT2D eigenvalue weighted by Crippen LogP contribution is 2.12. The molecule has 0 aliphatic carbocycles. The van der Waals surface area contributed by atoms with E-state index >= 15 is 0 Å². The average molecular weight is 356 g/mol. The van der Waals surface area contributed by atoms with Crippen LogP contribution in [0.1, 0.15) is 61.3 Å². The van der Waals surface area contributed by atoms with Crippen LogP contribution in [0.3, 0.4) is 0 Å². The molecule has 7 heteroatoms. The zero-order valence-electron chi connectivity index (χ0n) is 16.6. The number of rotatable bonds is 7. The maximum Gasteiger partial charge on any atom is 0.408 e. The predicted molar refractivity (Wildman–Crippen MR) is 95.8 cm³/mol. The van der Waals surface area contributed by atoms with E-state index < -0.39 is 29.6 Å². The highest BCUT2D eigenvalue weighted by molar-refractivity contribution is 5.96. The number of ether oxygens (including phenoxy) is 2. The summed E-state index contributed by atoms with van der Waals surface area (Å²) in [5, 5.41) is 5.16. The molecule has 2 amide bonds. The third-order valence-corrected chi connectivity index (χ3v) is 3.31. The quantitative estimate of drug-likeness (QED) is 0.540. The lowest BCUT2D eigenvalue weighted by Gasteiger charge is -2.24. The van der Waals surface area contributed by atoms with Gasteiger partial charge in [-0.2, -0.15) is 0 Å². The normalized spacial score (nSPS) is 13.6. The fourth-order valence-corrected chi connectivity index (χ4v) is 1.97. The highest BCUT2D eigenvalue weighted by atomic mass is 16.6. The summed E-state index contributed by atoms with van der Waals surface area (Å²) in [6.45, 7) is 12.7. The Labute approximate surface area is 150 Å². The maximum atomic E-state index is 12.6. The van der Waals surface area contributed by atoms with Crippen LogP contribution in [0.25, 0.3) is 0 Å². The van der Waals surface area contributed by atoms with Gasteiger partial charge in [-0.05, 0) is 52.0 Å². The molecule has 0 saturated carbocycles. The summed E-state index contributed by atoms with van der Waals surface area (Å²) in [6, 6.07) is -0.820. The number of nitrogens with one attached hydrogen (secondary N) is 2. The van der Waals surface area contributed by atoms with Crippen molar-refractivity contribution in [3.8, 4) is 0 Å². The number of alkyl carbamates (subject to hydrolysis) is 1. The van der Waals surface area contributed by atoms with Crippen molar-refractivity contribution in [3.05, 3.63) is 11.3 Å². The van der Waals surface area contributed by atoms with Crippen LogP contribution in [0.15, 0.2) is 11.3 Å². The molecule has 0 spiro atoms. The molecule has 0 radical (unpaired) electrons. The molecule has 1 atom stereocenters. The van der Waals surface area contributed by atoms with Gasteiger partial charge in [0.15, 0.2) is 0 Å². The van der Waals surface area contributed by atoms with Gasteiger partial charge in [-0.25, -0.2) is 9.59 Å². The monoisotopic (exact) mass is 356 g/mol. The molecule has 0 aromatic heterocycles. The summed E-state index contributed by atoms with van der Waals surface area (Å²) in [7, 11) is 1.25. The molecule has 0 aromatic carbocycles. The number of methoxy groups -OCH3 is 1. The number of hydrogen-bond donors (Lipinski definition) is 2. The predicted octanol–water partition coefficient (Wildman–Crippen LogP) is 2.90. The lowest BCUT2D eigenvalue weighted by Crippen LogP contribution is -2.49. The van der Waals surface area contributed by atoms with Crippen LogP contribution in [0.2, 0.25) is 0 Å². The van der Waals surface area contributed by atoms with Crippen molar-refractivity contribution >= 4 is 18.0 Å². The molecule has 144 valence electrons. The molecule has 7 nitrogen and oxygen atoms in total. The van der Waals surface area contributed by atoms with Gasteiger partial charge in [0.2, 0.25) is 5.91 Å². The Morgan fingerprint density at radius 3 is 2.08 bits per heavy atom. The second-order valence-corrected chi connectivity index (χ2v) is 7.32. The van der Waals surface area contributed by atoms with Crippen LogP contribution in [0, 0.1) is 5.92 Å². The molecule has 0 bridgehead atoms. The first kappa shape index (κ1) is 22.9. The Hall–Kier alpha value is -2.05. The molecule has 25 heavy (non-hydrogen) atoms. The SMILES string of the molecule is CC/C(C)=C(/NC(=O)[C@H](CC(C)C)NC(=O)OC(C)(C)C)C(=O)OC. The minimum absolute atomic E-state index is 0.106. The summed E-state index contributed by atoms with van der Waals surface area (Å²) in [5.41, 5.74) is 0.134. The van der Waals surface area contributed by atoms with E-state index in [0.29, 0.717) is 18.4 Å². The molecule has 0 fully saturated rings. The first-order valence-electron chi connectivity index (χ1n) is 8.49. The molecule has 0 heterocycles. The highest BCUT2D eigenvalue weighted by Gasteiger charge is 2.27. The third kappa shape index (κ3) is 9.12. The molecule has 0 aromatic rings. The largest absolute Gasteiger partial charge is 0.464 e. The van der Waals surface area contributed by atoms with Crippen molar-refractivity contribution < 1.29 is 23.9 Å². The van der Waals surface area contributed by atoms with E-state index in [-0.39, 0.29) is 11.6 Å². The number of carbonyl (C=O) groups excluding carboxylic acids is 3. The second-order valence-electron chi connectivity index (χ2n) is 7.32. The van der Waals surface area contributed by atoms with Crippen molar-refractivity contribution in [2.75, 3.05) is 7.11 Å². The van der Waals surface area contributed by atoms with E-state index in [1.165, 1.54) is 7.11 Å². The fraction of sp³-hybridized carbons (Fsp3) is 0.722. The molecule has 0 aliphatic heterocycles. The third-order valence-electron chi connectivity index (χ3n) is 3.31. The van der Waals surface area contributed by atoms with E-state index in [0.717, 1.165) is 0 Å². The van der Waals surface area contributed by atoms with E-state index in [9.17, 15) is 14.4 Å². The Morgan fingerprint density at radius 1 is 1.12 bits per heavy atom. The van der Waals surface area contributed by atoms with Crippen LogP contribution in [0.4, 0.5) is 4.79 Å². The molecular weight excluding hydrogens is 324 g/mol. The minimum Gasteiger partial charge on any atom is -0.464 e. The Morgan fingerprint density at radius 2 is 1.68 bits per heavy atom. The second kappa shape index (κ2) is 10.1. The Bertz CT molecular complexity index is 518. The van der Waals surface area contributed by atoms with Gasteiger partial charge >= 0.3 is 12.1 Å². The number of amides is 2. The van der Waals surface area contributed by atoms with Crippen LogP contribution in [-0.4, -0.2) is 36.7 Å². The maximum absolute atomic E-state index is 12.6. The lowest BCUT2D eigenvalue weighted by molar-refractivity contribution is -0.138. The standard InChI is InChI=1S/C18H32N2O5/c1-9-12(4)14(16(22)24-8)20-15(21)13(10-11(2)3)19-17(23)25-18(5,6)7/h11,13H,9-10H2,1-8H3,(H,19,23)(H,20,21)/b14-12+/t13-/m0/s1. The van der Waals surface area contributed by atoms with Gasteiger partial charge in [-0.3, -0.25) is 4.79 Å². The first-order valence-corrected chi connectivity index (χ1v) is 8.49. The van der Waals surface area contributed by atoms with Crippen LogP contribution in [0.5, 0.6) is 0 Å². The van der Waals surface area contributed by atoms with Gasteiger partial charge in [-0.15, -0.1) is 0 Å². The first-order chi connectivity index (χ1) is 11.4. The molecule has 2 N–H and O–H groups in total. The molecule has 0 rings (SSSR count). The Kier molecular flexibility index (Phi) is 9.23. The van der Waals surface area contributed by atoms with Gasteiger partial charge in [0, 0.05) is 0 Å². The minimum atomic E-state index is -0.820. The summed E-state index contributed by atoms with van der Waals surface area (Å²) in [6.07, 6.45) is 0.313. The van der Waals surface area contributed by atoms with Gasteiger partial charge in [-0.1, -0.05) is 20.8 Å². The van der Waals surface area contributed by atoms with Crippen LogP contribution >= 0.6 is 0 Å². The van der Waals surface area contributed by atoms with Gasteiger partial charge < -0.3 is 20.1 Å². The zero-order valence-corrected chi connectivity index (χ0v) is 16.6. The van der Waals surface area contributed by atoms with Crippen molar-refractivity contribution in [1.29, 1.82) is 0 Å². The summed E-state index contributed by atoms with van der Waals surface area (Å²) >= 11 is 0. The number of carbonyl (C=O) groups is 3. The van der Waals surface area contributed by atoms with E-state index in [4.69, 9.17) is 9.47 Å². The summed E-state index contributed by atoms with van der Waals surface area (Å²) in [5.74, 6) is -0.940. The van der Waals surface area contributed by atoms with Crippen molar-refractivity contribution in [2.24, 2.45) is 5.92 Å². The number of allylic oxidation sites excluding steroid dienone is 1. The molecule has 0 saturated heterocycles. The summed E-state index contributed by atoms with van der Waals surface area (Å²) in [4.78, 5) is 36.5. The number of hydrogen-bond acceptors (Lipinski definition) is 5. The smallest absolute Gasteiger partial charge is 0.408 e. The van der Waals surface area contributed by atoms with Crippen molar-refractivity contribution in [1.82, 2.24) is 10.6 Å². The van der Waals surface area contributed by atoms with Crippen molar-refractivity contribution in [2.45, 2.75) is 73.0 Å². The fourth-order valence-electron chi connectivity index (χ4n) is 1.97. The molecule has 0 aliphatic rings. The number of esters is 1. The zero-order chi connectivity index (χ0) is 19.8. The van der Waals surface area contributed by atoms with Crippen LogP contribution in [-0.2, 0) is 19.1 Å². The molecular formula is C18H32N2O5. The van der Waals surface area contributed by atoms with E-state index in [1.54, 1.807) is 27.7 Å². The molecule has 0 unspecified atom stereocenters. The Balaban J connectivity index is 5.29. The van der Waals surface area contributed by atoms with Gasteiger partial charge in [0.05, 0.1) is 7.11 Å². The van der Waals surface area contributed by atoms with E-state index in [2.05, 4.69) is 10.6 Å². The summed E-state index contributed by atoms with van der Waals surface area (Å²) < 4.78 is 9.93. The van der Waals surface area contributed by atoms with E-state index in [1.807, 2.05) is 20.8 Å². The van der Waals surface area contributed by atoms with Gasteiger partial charge in [0.1, 0.15) is 17.3 Å². The average Bonchev–Trinajstić information content (AvgIpc) is 2.47. The van der Waals surface area contributed by atoms with Crippen molar-refractivity contribution in [3.63, 3.8) is 0 Å². The topological polar surface area (TPSA) is 93.7 Å². The lowest BCUT2D eigenvalue weighted by atomic mass is 10.0.